The van der Waals surface area contributed by atoms with Gasteiger partial charge >= 0.3 is 5.97 Å². The van der Waals surface area contributed by atoms with Crippen molar-refractivity contribution in [1.29, 1.82) is 0 Å². The minimum Gasteiger partial charge on any atom is -0.469 e. The molecule has 1 unspecified atom stereocenters. The predicted octanol–water partition coefficient (Wildman–Crippen LogP) is 3.35. The van der Waals surface area contributed by atoms with E-state index < -0.39 is 0 Å². The number of nitrogens with one attached hydrogen (secondary N) is 1. The van der Waals surface area contributed by atoms with Gasteiger partial charge in [-0.3, -0.25) is 4.79 Å². The van der Waals surface area contributed by atoms with E-state index in [9.17, 15) is 4.79 Å². The summed E-state index contributed by atoms with van der Waals surface area (Å²) in [6.45, 7) is 3.17. The number of H-pyrrole nitrogens is 1. The first kappa shape index (κ1) is 15.2. The lowest BCUT2D eigenvalue weighted by Crippen LogP contribution is -2.71. The first-order chi connectivity index (χ1) is 12.1. The van der Waals surface area contributed by atoms with Gasteiger partial charge in [0.15, 0.2) is 0 Å². The largest absolute Gasteiger partial charge is 0.469 e. The molecule has 4 bridgehead atoms. The van der Waals surface area contributed by atoms with Crippen molar-refractivity contribution in [1.82, 2.24) is 4.98 Å². The Labute approximate surface area is 148 Å². The number of nitrogens with zero attached hydrogens (tertiary/aromatic N) is 1. The highest BCUT2D eigenvalue weighted by molar-refractivity contribution is 5.85. The Morgan fingerprint density at radius 3 is 2.92 bits per heavy atom. The monoisotopic (exact) mass is 337 g/mol. The van der Waals surface area contributed by atoms with Crippen LogP contribution in [-0.2, 0) is 16.0 Å². The van der Waals surface area contributed by atoms with Gasteiger partial charge in [0.1, 0.15) is 24.5 Å². The van der Waals surface area contributed by atoms with Crippen LogP contribution in [0.1, 0.15) is 30.6 Å². The normalized spacial score (nSPS) is 37.3. The molecule has 5 heterocycles. The van der Waals surface area contributed by atoms with Crippen LogP contribution in [0.2, 0.25) is 0 Å². The molecule has 25 heavy (non-hydrogen) atoms. The highest BCUT2D eigenvalue weighted by Crippen LogP contribution is 2.58. The van der Waals surface area contributed by atoms with E-state index in [-0.39, 0.29) is 11.9 Å². The first-order valence-electron chi connectivity index (χ1n) is 9.25. The van der Waals surface area contributed by atoms with Crippen LogP contribution in [0.15, 0.2) is 35.9 Å². The molecule has 4 aliphatic heterocycles. The Bertz CT molecular complexity index is 912. The topological polar surface area (TPSA) is 42.1 Å². The average Bonchev–Trinajstić information content (AvgIpc) is 2.98. The van der Waals surface area contributed by atoms with Crippen molar-refractivity contribution in [3.05, 3.63) is 47.2 Å². The van der Waals surface area contributed by atoms with E-state index in [1.165, 1.54) is 34.8 Å². The smallest absolute Gasteiger partial charge is 0.315 e. The lowest BCUT2D eigenvalue weighted by atomic mass is 9.62. The van der Waals surface area contributed by atoms with Crippen molar-refractivity contribution >= 4 is 16.9 Å². The number of carbonyl (C=O) groups excluding carboxylic acids is 1. The van der Waals surface area contributed by atoms with Gasteiger partial charge in [0, 0.05) is 29.7 Å². The van der Waals surface area contributed by atoms with E-state index in [1.807, 2.05) is 0 Å². The van der Waals surface area contributed by atoms with Crippen LogP contribution in [0.4, 0.5) is 0 Å². The number of piperidine rings is 3. The van der Waals surface area contributed by atoms with Gasteiger partial charge in [0.05, 0.1) is 19.9 Å². The molecule has 4 heteroatoms. The molecule has 0 aliphatic carbocycles. The number of carbonyl (C=O) groups is 1. The second kappa shape index (κ2) is 4.98. The standard InChI is InChI=1S/C21H25N2O2/c1-4-12-11-23(2)17-10-15-13-7-5-6-8-16(13)22-20(15)18(23)9-14(12)19(17)21(24)25-3/h4-8,14,17-19,22H,9-11H2,1-3H3/q+1/b12-4-/t14-,17-,18-,19+,23?/m0/s1. The zero-order valence-electron chi connectivity index (χ0n) is 15.1. The molecule has 1 N–H and O–H groups in total. The summed E-state index contributed by atoms with van der Waals surface area (Å²) in [6.07, 6.45) is 4.23. The number of likely N-dealkylation sites (N-methyl/N-ethyl adjacent to an activating group) is 1. The summed E-state index contributed by atoms with van der Waals surface area (Å²) >= 11 is 0. The predicted molar refractivity (Wildman–Crippen MR) is 97.0 cm³/mol. The molecule has 0 spiro atoms. The molecule has 4 nitrogen and oxygen atoms in total. The minimum absolute atomic E-state index is 0.0204. The third-order valence-corrected chi connectivity index (χ3v) is 7.23. The maximum atomic E-state index is 12.7. The lowest BCUT2D eigenvalue weighted by Gasteiger charge is -2.62. The molecule has 4 aliphatic rings. The number of hydrogen-bond donors (Lipinski definition) is 1. The number of aromatic amines is 1. The Hall–Kier alpha value is -2.07. The molecule has 0 amide bonds. The fourth-order valence-corrected chi connectivity index (χ4v) is 6.06. The quantitative estimate of drug-likeness (QED) is 0.493. The number of esters is 1. The number of hydrogen-bond acceptors (Lipinski definition) is 2. The zero-order chi connectivity index (χ0) is 17.3. The molecule has 6 rings (SSSR count). The number of benzene rings is 1. The number of methoxy groups -OCH3 is 1. The first-order valence-corrected chi connectivity index (χ1v) is 9.25. The van der Waals surface area contributed by atoms with Crippen molar-refractivity contribution in [2.45, 2.75) is 31.8 Å². The highest BCUT2D eigenvalue weighted by Gasteiger charge is 2.63. The van der Waals surface area contributed by atoms with Crippen molar-refractivity contribution < 1.29 is 14.0 Å². The lowest BCUT2D eigenvalue weighted by molar-refractivity contribution is -0.977. The fourth-order valence-electron chi connectivity index (χ4n) is 6.06. The SMILES string of the molecule is C/C=C1/C[N+]2(C)[C@H]3C[C@@H]1[C@@H](C(=O)OC)[C@@H]2Cc1c3[nH]c2ccccc12. The highest BCUT2D eigenvalue weighted by atomic mass is 16.5. The summed E-state index contributed by atoms with van der Waals surface area (Å²) in [7, 11) is 3.88. The maximum Gasteiger partial charge on any atom is 0.315 e. The third kappa shape index (κ3) is 1.78. The summed E-state index contributed by atoms with van der Waals surface area (Å²) in [5.74, 6) is 0.278. The van der Waals surface area contributed by atoms with Crippen molar-refractivity contribution in [2.24, 2.45) is 11.8 Å². The van der Waals surface area contributed by atoms with Gasteiger partial charge < -0.3 is 14.2 Å². The minimum atomic E-state index is -0.0276. The van der Waals surface area contributed by atoms with Gasteiger partial charge in [-0.1, -0.05) is 24.3 Å². The molecular formula is C21H25N2O2+. The Balaban J connectivity index is 1.72. The van der Waals surface area contributed by atoms with E-state index in [4.69, 9.17) is 4.74 Å². The van der Waals surface area contributed by atoms with Crippen LogP contribution >= 0.6 is 0 Å². The van der Waals surface area contributed by atoms with Gasteiger partial charge in [-0.25, -0.2) is 0 Å². The number of allylic oxidation sites excluding steroid dienone is 1. The number of rotatable bonds is 1. The van der Waals surface area contributed by atoms with Crippen LogP contribution in [0.5, 0.6) is 0 Å². The van der Waals surface area contributed by atoms with Crippen molar-refractivity contribution in [3.63, 3.8) is 0 Å². The van der Waals surface area contributed by atoms with E-state index >= 15 is 0 Å². The maximum absolute atomic E-state index is 12.7. The second-order valence-corrected chi connectivity index (χ2v) is 8.11. The molecule has 1 aromatic carbocycles. The van der Waals surface area contributed by atoms with E-state index in [1.54, 1.807) is 0 Å². The molecule has 3 saturated heterocycles. The Morgan fingerprint density at radius 1 is 1.36 bits per heavy atom. The molecule has 130 valence electrons. The average molecular weight is 337 g/mol. The summed E-state index contributed by atoms with van der Waals surface area (Å²) in [5.41, 5.74) is 5.50. The van der Waals surface area contributed by atoms with Gasteiger partial charge in [-0.05, 0) is 24.1 Å². The van der Waals surface area contributed by atoms with Gasteiger partial charge in [0.2, 0.25) is 0 Å². The number of ether oxygens (including phenoxy) is 1. The summed E-state index contributed by atoms with van der Waals surface area (Å²) in [5, 5.41) is 1.33. The number of fused-ring (bicyclic) bond motifs is 4. The van der Waals surface area contributed by atoms with E-state index in [0.717, 1.165) is 23.9 Å². The molecule has 2 aromatic rings. The summed E-state index contributed by atoms with van der Waals surface area (Å²) in [6, 6.07) is 9.35. The van der Waals surface area contributed by atoms with Crippen LogP contribution in [0, 0.1) is 11.8 Å². The van der Waals surface area contributed by atoms with Crippen LogP contribution < -0.4 is 0 Å². The second-order valence-electron chi connectivity index (χ2n) is 8.11. The molecule has 0 saturated carbocycles. The number of quaternary nitrogens is 1. The van der Waals surface area contributed by atoms with Crippen molar-refractivity contribution in [3.8, 4) is 0 Å². The molecular weight excluding hydrogens is 312 g/mol. The van der Waals surface area contributed by atoms with Crippen LogP contribution in [-0.4, -0.2) is 42.2 Å². The summed E-state index contributed by atoms with van der Waals surface area (Å²) in [4.78, 5) is 16.4. The zero-order valence-corrected chi connectivity index (χ0v) is 15.1. The van der Waals surface area contributed by atoms with Gasteiger partial charge in [-0.2, -0.15) is 0 Å². The van der Waals surface area contributed by atoms with Gasteiger partial charge in [-0.15, -0.1) is 0 Å². The van der Waals surface area contributed by atoms with E-state index in [0.29, 0.717) is 18.0 Å². The van der Waals surface area contributed by atoms with E-state index in [2.05, 4.69) is 49.3 Å². The molecule has 1 aromatic heterocycles. The Morgan fingerprint density at radius 2 is 2.16 bits per heavy atom. The molecule has 3 fully saturated rings. The fraction of sp³-hybridized carbons (Fsp3) is 0.476. The molecule has 0 radical (unpaired) electrons. The van der Waals surface area contributed by atoms with Crippen LogP contribution in [0.25, 0.3) is 10.9 Å². The van der Waals surface area contributed by atoms with Crippen LogP contribution in [0.3, 0.4) is 0 Å². The molecule has 5 atom stereocenters. The van der Waals surface area contributed by atoms with Crippen molar-refractivity contribution in [2.75, 3.05) is 20.7 Å². The Kier molecular flexibility index (Phi) is 3.03. The third-order valence-electron chi connectivity index (χ3n) is 7.23. The number of aromatic nitrogens is 1. The number of para-hydroxylation sites is 1. The van der Waals surface area contributed by atoms with Gasteiger partial charge in [0.25, 0.3) is 0 Å². The summed E-state index contributed by atoms with van der Waals surface area (Å²) < 4.78 is 6.18.